The van der Waals surface area contributed by atoms with Crippen molar-refractivity contribution < 1.29 is 16.8 Å². The SMILES string of the molecule is CS(=O)(=O)C(CCCCCCCN[O-])S(C)(=O)=O. The Labute approximate surface area is 110 Å². The number of rotatable bonds is 10. The van der Waals surface area contributed by atoms with Gasteiger partial charge in [0.25, 0.3) is 0 Å². The first-order chi connectivity index (χ1) is 8.19. The summed E-state index contributed by atoms with van der Waals surface area (Å²) in [5, 5.41) is 9.95. The van der Waals surface area contributed by atoms with E-state index in [0.717, 1.165) is 38.2 Å². The minimum absolute atomic E-state index is 0.150. The van der Waals surface area contributed by atoms with E-state index in [2.05, 4.69) is 0 Å². The molecule has 0 aliphatic rings. The van der Waals surface area contributed by atoms with Crippen LogP contribution in [0.1, 0.15) is 38.5 Å². The molecule has 8 heteroatoms. The van der Waals surface area contributed by atoms with Gasteiger partial charge in [-0.1, -0.05) is 25.7 Å². The van der Waals surface area contributed by atoms with E-state index in [1.807, 2.05) is 5.48 Å². The van der Waals surface area contributed by atoms with E-state index < -0.39 is 24.3 Å². The summed E-state index contributed by atoms with van der Waals surface area (Å²) in [5.74, 6) is 0. The van der Waals surface area contributed by atoms with Crippen LogP contribution in [0, 0.1) is 5.21 Å². The van der Waals surface area contributed by atoms with E-state index in [-0.39, 0.29) is 6.42 Å². The van der Waals surface area contributed by atoms with Crippen molar-refractivity contribution in [1.29, 1.82) is 0 Å². The van der Waals surface area contributed by atoms with E-state index in [1.54, 1.807) is 0 Å². The smallest absolute Gasteiger partial charge is 0.164 e. The van der Waals surface area contributed by atoms with Crippen LogP contribution >= 0.6 is 0 Å². The van der Waals surface area contributed by atoms with Gasteiger partial charge in [0.1, 0.15) is 0 Å². The van der Waals surface area contributed by atoms with Crippen molar-refractivity contribution in [2.24, 2.45) is 0 Å². The van der Waals surface area contributed by atoms with Crippen molar-refractivity contribution in [3.05, 3.63) is 5.21 Å². The van der Waals surface area contributed by atoms with Gasteiger partial charge in [-0.05, 0) is 19.4 Å². The van der Waals surface area contributed by atoms with Crippen LogP contribution in [0.15, 0.2) is 0 Å². The molecule has 0 aliphatic heterocycles. The van der Waals surface area contributed by atoms with Gasteiger partial charge in [-0.15, -0.1) is 0 Å². The van der Waals surface area contributed by atoms with Crippen LogP contribution in [0.3, 0.4) is 0 Å². The molecule has 0 unspecified atom stereocenters. The molecule has 18 heavy (non-hydrogen) atoms. The van der Waals surface area contributed by atoms with E-state index in [1.165, 1.54) is 0 Å². The highest BCUT2D eigenvalue weighted by molar-refractivity contribution is 8.08. The van der Waals surface area contributed by atoms with Gasteiger partial charge >= 0.3 is 0 Å². The second-order valence-corrected chi connectivity index (χ2v) is 9.29. The topological polar surface area (TPSA) is 103 Å². The van der Waals surface area contributed by atoms with E-state index in [0.29, 0.717) is 13.0 Å². The molecular formula is C10H22NO5S2-. The average molecular weight is 300 g/mol. The summed E-state index contributed by atoms with van der Waals surface area (Å²) in [5.41, 5.74) is 1.81. The summed E-state index contributed by atoms with van der Waals surface area (Å²) >= 11 is 0. The summed E-state index contributed by atoms with van der Waals surface area (Å²) in [7, 11) is -7.13. The normalized spacial score (nSPS) is 13.1. The first-order valence-electron chi connectivity index (χ1n) is 5.92. The van der Waals surface area contributed by atoms with E-state index in [4.69, 9.17) is 0 Å². The molecule has 0 heterocycles. The number of hydroxylamine groups is 1. The minimum atomic E-state index is -3.56. The Balaban J connectivity index is 4.02. The number of unbranched alkanes of at least 4 members (excludes halogenated alkanes) is 4. The molecule has 0 aromatic rings. The molecule has 0 aromatic carbocycles. The van der Waals surface area contributed by atoms with E-state index >= 15 is 0 Å². The minimum Gasteiger partial charge on any atom is -0.788 e. The predicted octanol–water partition coefficient (Wildman–Crippen LogP) is 0.830. The Morgan fingerprint density at radius 1 is 0.889 bits per heavy atom. The second kappa shape index (κ2) is 8.08. The van der Waals surface area contributed by atoms with Crippen LogP contribution in [0.5, 0.6) is 0 Å². The summed E-state index contributed by atoms with van der Waals surface area (Å²) in [6.45, 7) is 0.426. The maximum atomic E-state index is 11.4. The van der Waals surface area contributed by atoms with Gasteiger partial charge in [-0.2, -0.15) is 0 Å². The molecular weight excluding hydrogens is 278 g/mol. The second-order valence-electron chi connectivity index (χ2n) is 4.54. The Morgan fingerprint density at radius 3 is 1.78 bits per heavy atom. The first kappa shape index (κ1) is 17.8. The zero-order chi connectivity index (χ0) is 14.2. The van der Waals surface area contributed by atoms with Crippen molar-refractivity contribution in [3.63, 3.8) is 0 Å². The van der Waals surface area contributed by atoms with Gasteiger partial charge < -0.3 is 10.7 Å². The molecule has 0 amide bonds. The zero-order valence-electron chi connectivity index (χ0n) is 10.9. The predicted molar refractivity (Wildman–Crippen MR) is 72.5 cm³/mol. The molecule has 0 radical (unpaired) electrons. The van der Waals surface area contributed by atoms with Gasteiger partial charge in [0, 0.05) is 12.5 Å². The molecule has 0 aliphatic carbocycles. The number of sulfone groups is 2. The highest BCUT2D eigenvalue weighted by atomic mass is 32.3. The van der Waals surface area contributed by atoms with Crippen molar-refractivity contribution in [1.82, 2.24) is 5.48 Å². The summed E-state index contributed by atoms with van der Waals surface area (Å²) in [6, 6.07) is 0. The Morgan fingerprint density at radius 2 is 1.33 bits per heavy atom. The van der Waals surface area contributed by atoms with Crippen LogP contribution in [0.2, 0.25) is 0 Å². The molecule has 0 saturated heterocycles. The lowest BCUT2D eigenvalue weighted by molar-refractivity contribution is 0.557. The molecule has 0 fully saturated rings. The lowest BCUT2D eigenvalue weighted by atomic mass is 10.1. The fraction of sp³-hybridized carbons (Fsp3) is 1.00. The van der Waals surface area contributed by atoms with Gasteiger partial charge in [0.05, 0.1) is 0 Å². The van der Waals surface area contributed by atoms with Gasteiger partial charge in [-0.25, -0.2) is 16.8 Å². The maximum absolute atomic E-state index is 11.4. The van der Waals surface area contributed by atoms with Gasteiger partial charge in [-0.3, -0.25) is 0 Å². The Kier molecular flexibility index (Phi) is 8.00. The fourth-order valence-corrected chi connectivity index (χ4v) is 5.51. The molecule has 0 bridgehead atoms. The lowest BCUT2D eigenvalue weighted by Crippen LogP contribution is -2.28. The van der Waals surface area contributed by atoms with E-state index in [9.17, 15) is 22.0 Å². The summed E-state index contributed by atoms with van der Waals surface area (Å²) < 4.78 is 44.2. The number of hydrogen-bond donors (Lipinski definition) is 1. The summed E-state index contributed by atoms with van der Waals surface area (Å²) in [6.07, 6.45) is 5.95. The Hall–Kier alpha value is -0.180. The summed E-state index contributed by atoms with van der Waals surface area (Å²) in [4.78, 5) is 0. The first-order valence-corrected chi connectivity index (χ1v) is 9.83. The monoisotopic (exact) mass is 300 g/mol. The largest absolute Gasteiger partial charge is 0.788 e. The molecule has 0 spiro atoms. The molecule has 110 valence electrons. The zero-order valence-corrected chi connectivity index (χ0v) is 12.5. The molecule has 1 N–H and O–H groups in total. The van der Waals surface area contributed by atoms with Crippen LogP contribution < -0.4 is 5.48 Å². The molecule has 0 aromatic heterocycles. The third kappa shape index (κ3) is 8.02. The van der Waals surface area contributed by atoms with Crippen molar-refractivity contribution >= 4 is 19.7 Å². The van der Waals surface area contributed by atoms with Crippen LogP contribution in [0.4, 0.5) is 0 Å². The molecule has 0 rings (SSSR count). The van der Waals surface area contributed by atoms with Crippen LogP contribution in [-0.4, -0.2) is 40.5 Å². The number of nitrogens with one attached hydrogen (secondary N) is 1. The van der Waals surface area contributed by atoms with Crippen LogP contribution in [-0.2, 0) is 19.7 Å². The van der Waals surface area contributed by atoms with Gasteiger partial charge in [0.15, 0.2) is 24.3 Å². The van der Waals surface area contributed by atoms with Crippen LogP contribution in [0.25, 0.3) is 0 Å². The maximum Gasteiger partial charge on any atom is 0.164 e. The number of hydrogen-bond acceptors (Lipinski definition) is 6. The van der Waals surface area contributed by atoms with Crippen molar-refractivity contribution in [3.8, 4) is 0 Å². The molecule has 0 saturated carbocycles. The highest BCUT2D eigenvalue weighted by Crippen LogP contribution is 2.16. The molecule has 6 nitrogen and oxygen atoms in total. The standard InChI is InChI=1S/C10H22NO5S2/c1-17(13,14)10(18(2,15)16)8-6-4-3-5-7-9-11-12/h10-11H,3-9H2,1-2H3/q-1. The highest BCUT2D eigenvalue weighted by Gasteiger charge is 2.30. The van der Waals surface area contributed by atoms with Gasteiger partial charge in [0.2, 0.25) is 0 Å². The Bertz CT molecular complexity index is 384. The molecule has 0 atom stereocenters. The van der Waals surface area contributed by atoms with Crippen molar-refractivity contribution in [2.75, 3.05) is 19.1 Å². The third-order valence-electron chi connectivity index (χ3n) is 2.67. The average Bonchev–Trinajstić information content (AvgIpc) is 2.18. The fourth-order valence-electron chi connectivity index (χ4n) is 1.78. The van der Waals surface area contributed by atoms with Crippen molar-refractivity contribution in [2.45, 2.75) is 43.1 Å². The quantitative estimate of drug-likeness (QED) is 0.473. The third-order valence-corrected chi connectivity index (χ3v) is 7.15. The lowest BCUT2D eigenvalue weighted by Gasteiger charge is -2.12.